The number of hydrogen-bond donors (Lipinski definition) is 0. The molecular weight excluding hydrogens is 196 g/mol. The Kier molecular flexibility index (Phi) is 5.13. The van der Waals surface area contributed by atoms with Gasteiger partial charge in [-0.25, -0.2) is 0 Å². The van der Waals surface area contributed by atoms with Crippen LogP contribution in [0, 0.1) is 0 Å². The van der Waals surface area contributed by atoms with Crippen LogP contribution in [-0.2, 0) is 0 Å². The monoisotopic (exact) mass is 214 g/mol. The molecule has 1 aromatic rings. The van der Waals surface area contributed by atoms with E-state index in [0.717, 1.165) is 5.75 Å². The van der Waals surface area contributed by atoms with Gasteiger partial charge in [0.2, 0.25) is 0 Å². The third kappa shape index (κ3) is 3.77. The molecule has 0 heterocycles. The summed E-state index contributed by atoms with van der Waals surface area (Å²) in [6.45, 7) is 4.05. The van der Waals surface area contributed by atoms with Gasteiger partial charge in [-0.3, -0.25) is 0 Å². The minimum Gasteiger partial charge on any atom is -0.497 e. The fourth-order valence-electron chi connectivity index (χ4n) is 1.35. The maximum atomic E-state index is 5.11. The van der Waals surface area contributed by atoms with Crippen LogP contribution >= 0.6 is 0 Å². The number of rotatable bonds is 4. The first kappa shape index (κ1) is 12.3. The van der Waals surface area contributed by atoms with Crippen molar-refractivity contribution in [2.75, 3.05) is 7.11 Å². The van der Waals surface area contributed by atoms with Gasteiger partial charge in [0.25, 0.3) is 0 Å². The van der Waals surface area contributed by atoms with Crippen LogP contribution in [0.25, 0.3) is 6.08 Å². The van der Waals surface area contributed by atoms with Gasteiger partial charge in [-0.2, -0.15) is 0 Å². The first-order valence-corrected chi connectivity index (χ1v) is 5.41. The molecule has 0 radical (unpaired) electrons. The third-order valence-electron chi connectivity index (χ3n) is 2.28. The molecule has 0 bridgehead atoms. The van der Waals surface area contributed by atoms with Crippen molar-refractivity contribution >= 4 is 6.08 Å². The Bertz CT molecular complexity index is 394. The number of ether oxygens (including phenoxy) is 1. The number of methoxy groups -OCH3 is 1. The van der Waals surface area contributed by atoms with E-state index < -0.39 is 0 Å². The Hall–Kier alpha value is -1.76. The van der Waals surface area contributed by atoms with E-state index in [2.05, 4.69) is 24.3 Å². The Morgan fingerprint density at radius 3 is 2.25 bits per heavy atom. The van der Waals surface area contributed by atoms with Crippen LogP contribution in [0.3, 0.4) is 0 Å². The van der Waals surface area contributed by atoms with Crippen molar-refractivity contribution in [1.82, 2.24) is 0 Å². The molecule has 0 saturated heterocycles. The van der Waals surface area contributed by atoms with Crippen LogP contribution in [0.5, 0.6) is 5.75 Å². The van der Waals surface area contributed by atoms with E-state index >= 15 is 0 Å². The zero-order chi connectivity index (χ0) is 11.8. The van der Waals surface area contributed by atoms with Crippen LogP contribution in [0.15, 0.2) is 54.1 Å². The van der Waals surface area contributed by atoms with E-state index in [-0.39, 0.29) is 0 Å². The lowest BCUT2D eigenvalue weighted by Gasteiger charge is -1.99. The predicted molar refractivity (Wildman–Crippen MR) is 70.6 cm³/mol. The average Bonchev–Trinajstić information content (AvgIpc) is 2.35. The molecule has 0 unspecified atom stereocenters. The van der Waals surface area contributed by atoms with Crippen LogP contribution in [0.4, 0.5) is 0 Å². The highest BCUT2D eigenvalue weighted by atomic mass is 16.5. The number of benzene rings is 1. The molecule has 0 N–H and O–H groups in total. The second-order valence-electron chi connectivity index (χ2n) is 3.40. The first-order valence-electron chi connectivity index (χ1n) is 5.41. The van der Waals surface area contributed by atoms with E-state index in [1.807, 2.05) is 44.2 Å². The molecule has 1 rings (SSSR count). The largest absolute Gasteiger partial charge is 0.497 e. The Labute approximate surface area is 97.8 Å². The summed E-state index contributed by atoms with van der Waals surface area (Å²) in [5.74, 6) is 0.886. The summed E-state index contributed by atoms with van der Waals surface area (Å²) in [4.78, 5) is 0. The van der Waals surface area contributed by atoms with Gasteiger partial charge in [0.05, 0.1) is 7.11 Å². The highest BCUT2D eigenvalue weighted by Crippen LogP contribution is 2.13. The molecule has 0 spiro atoms. The van der Waals surface area contributed by atoms with Crippen molar-refractivity contribution in [1.29, 1.82) is 0 Å². The molecule has 0 aliphatic rings. The maximum Gasteiger partial charge on any atom is 0.118 e. The summed E-state index contributed by atoms with van der Waals surface area (Å²) in [5, 5.41) is 0. The average molecular weight is 214 g/mol. The summed E-state index contributed by atoms with van der Waals surface area (Å²) in [7, 11) is 1.68. The summed E-state index contributed by atoms with van der Waals surface area (Å²) < 4.78 is 5.11. The minimum atomic E-state index is 0.886. The van der Waals surface area contributed by atoms with E-state index in [0.29, 0.717) is 0 Å². The molecule has 16 heavy (non-hydrogen) atoms. The molecule has 0 fully saturated rings. The van der Waals surface area contributed by atoms with Gasteiger partial charge in [0.1, 0.15) is 5.75 Å². The molecular formula is C15H18O. The number of allylic oxidation sites excluding steroid dienone is 5. The van der Waals surface area contributed by atoms with Gasteiger partial charge in [-0.05, 0) is 37.1 Å². The minimum absolute atomic E-state index is 0.886. The highest BCUT2D eigenvalue weighted by Gasteiger charge is 1.90. The highest BCUT2D eigenvalue weighted by molar-refractivity contribution is 5.55. The van der Waals surface area contributed by atoms with E-state index in [1.54, 1.807) is 7.11 Å². The summed E-state index contributed by atoms with van der Waals surface area (Å²) in [6, 6.07) is 8.01. The molecule has 0 aliphatic heterocycles. The van der Waals surface area contributed by atoms with Crippen molar-refractivity contribution in [3.05, 3.63) is 59.7 Å². The lowest BCUT2D eigenvalue weighted by molar-refractivity contribution is 0.415. The second kappa shape index (κ2) is 6.67. The Morgan fingerprint density at radius 2 is 1.75 bits per heavy atom. The summed E-state index contributed by atoms with van der Waals surface area (Å²) in [5.41, 5.74) is 2.38. The zero-order valence-electron chi connectivity index (χ0n) is 10.1. The fourth-order valence-corrected chi connectivity index (χ4v) is 1.35. The van der Waals surface area contributed by atoms with Crippen molar-refractivity contribution in [3.8, 4) is 5.75 Å². The molecule has 0 atom stereocenters. The van der Waals surface area contributed by atoms with Crippen LogP contribution in [0.1, 0.15) is 19.4 Å². The molecule has 1 nitrogen and oxygen atoms in total. The zero-order valence-corrected chi connectivity index (χ0v) is 10.1. The lowest BCUT2D eigenvalue weighted by atomic mass is 10.1. The molecule has 0 saturated carbocycles. The van der Waals surface area contributed by atoms with Crippen molar-refractivity contribution in [3.63, 3.8) is 0 Å². The van der Waals surface area contributed by atoms with Gasteiger partial charge in [-0.1, -0.05) is 42.5 Å². The molecule has 84 valence electrons. The van der Waals surface area contributed by atoms with Crippen molar-refractivity contribution in [2.24, 2.45) is 0 Å². The van der Waals surface area contributed by atoms with E-state index in [4.69, 9.17) is 4.74 Å². The first-order chi connectivity index (χ1) is 7.80. The van der Waals surface area contributed by atoms with Crippen molar-refractivity contribution in [2.45, 2.75) is 13.8 Å². The van der Waals surface area contributed by atoms with Gasteiger partial charge >= 0.3 is 0 Å². The molecule has 0 amide bonds. The standard InChI is InChI=1S/C15H18O/c1-4-6-13(5-2)7-8-14-9-11-15(16-3)12-10-14/h4-12H,1-3H3/b6-4-,8-7+,13-5+. The normalized spacial score (nSPS) is 12.6. The van der Waals surface area contributed by atoms with Crippen molar-refractivity contribution < 1.29 is 4.74 Å². The van der Waals surface area contributed by atoms with Gasteiger partial charge in [0.15, 0.2) is 0 Å². The topological polar surface area (TPSA) is 9.23 Å². The quantitative estimate of drug-likeness (QED) is 0.681. The third-order valence-corrected chi connectivity index (χ3v) is 2.28. The summed E-state index contributed by atoms with van der Waals surface area (Å²) in [6.07, 6.45) is 10.4. The lowest BCUT2D eigenvalue weighted by Crippen LogP contribution is -1.81. The summed E-state index contributed by atoms with van der Waals surface area (Å²) >= 11 is 0. The van der Waals surface area contributed by atoms with Gasteiger partial charge in [-0.15, -0.1) is 0 Å². The smallest absolute Gasteiger partial charge is 0.118 e. The molecule has 1 aromatic carbocycles. The Morgan fingerprint density at radius 1 is 1.06 bits per heavy atom. The SMILES string of the molecule is C\C=C/C(/C=C/c1ccc(OC)cc1)=C\C. The fraction of sp³-hybridized carbons (Fsp3) is 0.200. The molecule has 1 heteroatoms. The predicted octanol–water partition coefficient (Wildman–Crippen LogP) is 4.23. The van der Waals surface area contributed by atoms with Gasteiger partial charge in [0, 0.05) is 0 Å². The van der Waals surface area contributed by atoms with Crippen LogP contribution < -0.4 is 4.74 Å². The number of hydrogen-bond acceptors (Lipinski definition) is 1. The van der Waals surface area contributed by atoms with E-state index in [9.17, 15) is 0 Å². The van der Waals surface area contributed by atoms with E-state index in [1.165, 1.54) is 11.1 Å². The molecule has 0 aliphatic carbocycles. The van der Waals surface area contributed by atoms with Crippen LogP contribution in [0.2, 0.25) is 0 Å². The van der Waals surface area contributed by atoms with Gasteiger partial charge < -0.3 is 4.74 Å². The maximum absolute atomic E-state index is 5.11. The molecule has 0 aromatic heterocycles. The Balaban J connectivity index is 2.75. The second-order valence-corrected chi connectivity index (χ2v) is 3.40. The van der Waals surface area contributed by atoms with Crippen LogP contribution in [-0.4, -0.2) is 7.11 Å².